The van der Waals surface area contributed by atoms with Crippen molar-refractivity contribution in [2.75, 3.05) is 23.5 Å². The lowest BCUT2D eigenvalue weighted by molar-refractivity contribution is 0.262. The van der Waals surface area contributed by atoms with Crippen molar-refractivity contribution in [1.29, 1.82) is 0 Å². The van der Waals surface area contributed by atoms with E-state index in [1.54, 1.807) is 6.20 Å². The minimum atomic E-state index is 0.200. The summed E-state index contributed by atoms with van der Waals surface area (Å²) in [5.41, 5.74) is 2.46. The number of aliphatic hydroxyl groups excluding tert-OH is 1. The molecule has 0 aromatic carbocycles. The zero-order valence-electron chi connectivity index (χ0n) is 10.1. The average Bonchev–Trinajstić information content (AvgIpc) is 2.41. The Bertz CT molecular complexity index is 401. The molecule has 2 rings (SSSR count). The normalized spacial score (nSPS) is 19.9. The maximum absolute atomic E-state index is 9.15. The zero-order chi connectivity index (χ0) is 13.0. The SMILES string of the molecule is NNc1ncc(Br)c(N2CCCCC2CCO)n1. The molecule has 1 unspecified atom stereocenters. The Kier molecular flexibility index (Phi) is 4.73. The van der Waals surface area contributed by atoms with E-state index in [2.05, 4.69) is 36.2 Å². The summed E-state index contributed by atoms with van der Waals surface area (Å²) in [6.45, 7) is 1.15. The van der Waals surface area contributed by atoms with E-state index in [-0.39, 0.29) is 6.61 Å². The number of rotatable bonds is 4. The van der Waals surface area contributed by atoms with E-state index < -0.39 is 0 Å². The van der Waals surface area contributed by atoms with Gasteiger partial charge in [0, 0.05) is 25.4 Å². The van der Waals surface area contributed by atoms with Crippen LogP contribution in [0.4, 0.5) is 11.8 Å². The molecule has 18 heavy (non-hydrogen) atoms. The van der Waals surface area contributed by atoms with Crippen molar-refractivity contribution in [2.45, 2.75) is 31.7 Å². The molecule has 1 aliphatic heterocycles. The number of aromatic nitrogens is 2. The maximum Gasteiger partial charge on any atom is 0.239 e. The fraction of sp³-hybridized carbons (Fsp3) is 0.636. The second kappa shape index (κ2) is 6.31. The number of nitrogens with two attached hydrogens (primary N) is 1. The molecule has 4 N–H and O–H groups in total. The number of anilines is 2. The molecule has 2 heterocycles. The molecule has 1 aromatic heterocycles. The molecular weight excluding hydrogens is 298 g/mol. The highest BCUT2D eigenvalue weighted by Crippen LogP contribution is 2.30. The van der Waals surface area contributed by atoms with Gasteiger partial charge in [-0.3, -0.25) is 5.43 Å². The third-order valence-corrected chi connectivity index (χ3v) is 3.78. The first kappa shape index (κ1) is 13.5. The van der Waals surface area contributed by atoms with E-state index in [9.17, 15) is 0 Å². The van der Waals surface area contributed by atoms with E-state index in [1.165, 1.54) is 6.42 Å². The second-order valence-corrected chi connectivity index (χ2v) is 5.22. The molecule has 0 amide bonds. The number of hydrogen-bond donors (Lipinski definition) is 3. The van der Waals surface area contributed by atoms with Crippen LogP contribution in [-0.2, 0) is 0 Å². The molecule has 0 aliphatic carbocycles. The van der Waals surface area contributed by atoms with Crippen LogP contribution in [0.15, 0.2) is 10.7 Å². The van der Waals surface area contributed by atoms with Gasteiger partial charge in [0.05, 0.1) is 4.47 Å². The Morgan fingerprint density at radius 1 is 1.56 bits per heavy atom. The number of hydrogen-bond acceptors (Lipinski definition) is 6. The Morgan fingerprint density at radius 3 is 3.11 bits per heavy atom. The third kappa shape index (κ3) is 2.90. The Morgan fingerprint density at radius 2 is 2.39 bits per heavy atom. The number of halogens is 1. The van der Waals surface area contributed by atoms with Gasteiger partial charge in [-0.25, -0.2) is 10.8 Å². The van der Waals surface area contributed by atoms with Crippen molar-refractivity contribution in [3.05, 3.63) is 10.7 Å². The first-order valence-corrected chi connectivity index (χ1v) is 6.92. The Balaban J connectivity index is 2.26. The van der Waals surface area contributed by atoms with Crippen LogP contribution in [0.2, 0.25) is 0 Å². The van der Waals surface area contributed by atoms with Crippen LogP contribution in [0.3, 0.4) is 0 Å². The topological polar surface area (TPSA) is 87.3 Å². The minimum Gasteiger partial charge on any atom is -0.396 e. The molecule has 0 bridgehead atoms. The summed E-state index contributed by atoms with van der Waals surface area (Å²) in [5.74, 6) is 6.59. The lowest BCUT2D eigenvalue weighted by Gasteiger charge is -2.37. The number of nitrogens with one attached hydrogen (secondary N) is 1. The minimum absolute atomic E-state index is 0.200. The van der Waals surface area contributed by atoms with Crippen molar-refractivity contribution in [2.24, 2.45) is 5.84 Å². The molecule has 0 radical (unpaired) electrons. The summed E-state index contributed by atoms with van der Waals surface area (Å²) in [5, 5.41) is 9.15. The lowest BCUT2D eigenvalue weighted by atomic mass is 10.00. The van der Waals surface area contributed by atoms with Gasteiger partial charge in [0.2, 0.25) is 5.95 Å². The van der Waals surface area contributed by atoms with E-state index >= 15 is 0 Å². The summed E-state index contributed by atoms with van der Waals surface area (Å²) in [6.07, 6.45) is 5.89. The van der Waals surface area contributed by atoms with Gasteiger partial charge in [-0.2, -0.15) is 4.98 Å². The Labute approximate surface area is 115 Å². The van der Waals surface area contributed by atoms with Crippen molar-refractivity contribution in [3.8, 4) is 0 Å². The van der Waals surface area contributed by atoms with Gasteiger partial charge in [-0.15, -0.1) is 0 Å². The molecule has 0 saturated carbocycles. The van der Waals surface area contributed by atoms with Crippen LogP contribution < -0.4 is 16.2 Å². The van der Waals surface area contributed by atoms with Crippen molar-refractivity contribution in [1.82, 2.24) is 9.97 Å². The number of hydrazine groups is 1. The van der Waals surface area contributed by atoms with Crippen molar-refractivity contribution < 1.29 is 5.11 Å². The average molecular weight is 316 g/mol. The van der Waals surface area contributed by atoms with Gasteiger partial charge in [0.25, 0.3) is 0 Å². The van der Waals surface area contributed by atoms with Crippen LogP contribution in [-0.4, -0.2) is 34.3 Å². The van der Waals surface area contributed by atoms with Gasteiger partial charge in [0.1, 0.15) is 5.82 Å². The highest BCUT2D eigenvalue weighted by Gasteiger charge is 2.25. The van der Waals surface area contributed by atoms with Crippen LogP contribution in [0.5, 0.6) is 0 Å². The smallest absolute Gasteiger partial charge is 0.239 e. The van der Waals surface area contributed by atoms with Gasteiger partial charge in [-0.1, -0.05) is 0 Å². The molecule has 1 aliphatic rings. The lowest BCUT2D eigenvalue weighted by Crippen LogP contribution is -2.41. The fourth-order valence-corrected chi connectivity index (χ4v) is 2.78. The third-order valence-electron chi connectivity index (χ3n) is 3.22. The molecule has 1 atom stereocenters. The highest BCUT2D eigenvalue weighted by atomic mass is 79.9. The van der Waals surface area contributed by atoms with Crippen molar-refractivity contribution >= 4 is 27.7 Å². The van der Waals surface area contributed by atoms with E-state index in [1.807, 2.05) is 0 Å². The number of aliphatic hydroxyl groups is 1. The van der Waals surface area contributed by atoms with Gasteiger partial charge >= 0.3 is 0 Å². The molecular formula is C11H18BrN5O. The predicted molar refractivity (Wildman–Crippen MR) is 74.2 cm³/mol. The predicted octanol–water partition coefficient (Wildman–Crippen LogP) is 1.27. The molecule has 1 saturated heterocycles. The Hall–Kier alpha value is -0.920. The fourth-order valence-electron chi connectivity index (χ4n) is 2.36. The quantitative estimate of drug-likeness (QED) is 0.573. The summed E-state index contributed by atoms with van der Waals surface area (Å²) < 4.78 is 0.853. The number of piperidine rings is 1. The molecule has 100 valence electrons. The van der Waals surface area contributed by atoms with E-state index in [0.717, 1.165) is 36.1 Å². The monoisotopic (exact) mass is 315 g/mol. The molecule has 1 aromatic rings. The highest BCUT2D eigenvalue weighted by molar-refractivity contribution is 9.10. The van der Waals surface area contributed by atoms with Crippen LogP contribution in [0.25, 0.3) is 0 Å². The molecule has 1 fully saturated rings. The molecule has 7 heteroatoms. The standard InChI is InChI=1S/C11H18BrN5O/c12-9-7-14-11(16-13)15-10(9)17-5-2-1-3-8(17)4-6-18/h7-8,18H,1-6,13H2,(H,14,15,16). The van der Waals surface area contributed by atoms with Crippen LogP contribution in [0.1, 0.15) is 25.7 Å². The second-order valence-electron chi connectivity index (χ2n) is 4.36. The van der Waals surface area contributed by atoms with Gasteiger partial charge in [0.15, 0.2) is 0 Å². The first-order chi connectivity index (χ1) is 8.76. The summed E-state index contributed by atoms with van der Waals surface area (Å²) in [4.78, 5) is 10.7. The van der Waals surface area contributed by atoms with Crippen molar-refractivity contribution in [3.63, 3.8) is 0 Å². The van der Waals surface area contributed by atoms with Gasteiger partial charge in [-0.05, 0) is 41.6 Å². The largest absolute Gasteiger partial charge is 0.396 e. The first-order valence-electron chi connectivity index (χ1n) is 6.13. The van der Waals surface area contributed by atoms with E-state index in [0.29, 0.717) is 12.0 Å². The maximum atomic E-state index is 9.15. The number of nitrogens with zero attached hydrogens (tertiary/aromatic N) is 3. The zero-order valence-corrected chi connectivity index (χ0v) is 11.7. The number of nitrogen functional groups attached to an aromatic ring is 1. The van der Waals surface area contributed by atoms with Crippen LogP contribution in [0, 0.1) is 0 Å². The molecule has 6 nitrogen and oxygen atoms in total. The van der Waals surface area contributed by atoms with E-state index in [4.69, 9.17) is 10.9 Å². The molecule has 0 spiro atoms. The van der Waals surface area contributed by atoms with Crippen LogP contribution >= 0.6 is 15.9 Å². The summed E-state index contributed by atoms with van der Waals surface area (Å²) in [6, 6.07) is 0.334. The van der Waals surface area contributed by atoms with Gasteiger partial charge < -0.3 is 10.0 Å². The summed E-state index contributed by atoms with van der Waals surface area (Å²) >= 11 is 3.48. The summed E-state index contributed by atoms with van der Waals surface area (Å²) in [7, 11) is 0.